The molecule has 1 saturated heterocycles. The summed E-state index contributed by atoms with van der Waals surface area (Å²) >= 11 is 0. The molecule has 126 valence electrons. The number of benzene rings is 1. The van der Waals surface area contributed by atoms with Crippen LogP contribution in [0, 0.1) is 0 Å². The van der Waals surface area contributed by atoms with Crippen molar-refractivity contribution in [3.8, 4) is 0 Å². The van der Waals surface area contributed by atoms with E-state index >= 15 is 0 Å². The van der Waals surface area contributed by atoms with E-state index < -0.39 is 30.5 Å². The van der Waals surface area contributed by atoms with Gasteiger partial charge < -0.3 is 4.90 Å². The van der Waals surface area contributed by atoms with Crippen LogP contribution in [0.1, 0.15) is 12.8 Å². The van der Waals surface area contributed by atoms with Gasteiger partial charge in [0.05, 0.1) is 10.6 Å². The first-order valence-electron chi connectivity index (χ1n) is 7.35. The lowest BCUT2D eigenvalue weighted by Crippen LogP contribution is -2.46. The molecule has 1 heterocycles. The first kappa shape index (κ1) is 16.4. The highest BCUT2D eigenvalue weighted by Crippen LogP contribution is 2.48. The average Bonchev–Trinajstić information content (AvgIpc) is 3.33. The second kappa shape index (κ2) is 5.57. The van der Waals surface area contributed by atoms with Crippen LogP contribution in [-0.2, 0) is 24.7 Å². The third-order valence-corrected chi connectivity index (χ3v) is 8.15. The van der Waals surface area contributed by atoms with Gasteiger partial charge in [0.25, 0.3) is 0 Å². The lowest BCUT2D eigenvalue weighted by atomic mass is 10.3. The lowest BCUT2D eigenvalue weighted by molar-refractivity contribution is -0.131. The predicted molar refractivity (Wildman–Crippen MR) is 84.0 cm³/mol. The molecule has 0 radical (unpaired) electrons. The van der Waals surface area contributed by atoms with Crippen molar-refractivity contribution >= 4 is 25.8 Å². The van der Waals surface area contributed by atoms with Crippen LogP contribution < -0.4 is 4.72 Å². The van der Waals surface area contributed by atoms with Gasteiger partial charge in [0.2, 0.25) is 15.9 Å². The van der Waals surface area contributed by atoms with Crippen molar-refractivity contribution in [1.82, 2.24) is 9.62 Å². The van der Waals surface area contributed by atoms with Crippen LogP contribution >= 0.6 is 0 Å². The van der Waals surface area contributed by atoms with Crippen LogP contribution in [0.2, 0.25) is 0 Å². The monoisotopic (exact) mass is 358 g/mol. The largest absolute Gasteiger partial charge is 0.339 e. The Morgan fingerprint density at radius 1 is 1.13 bits per heavy atom. The second-order valence-corrected chi connectivity index (χ2v) is 10.0. The van der Waals surface area contributed by atoms with E-state index in [9.17, 15) is 21.6 Å². The van der Waals surface area contributed by atoms with Crippen molar-refractivity contribution in [2.45, 2.75) is 22.5 Å². The topological polar surface area (TPSA) is 101 Å². The standard InChI is InChI=1S/C14H18N2O5S2/c17-13(16-9-8-15-22(18,19)11-10-16)14(6-7-14)23(20,21)12-4-2-1-3-5-12/h1-5,15H,6-11H2. The molecular formula is C14H18N2O5S2. The van der Waals surface area contributed by atoms with Crippen LogP contribution in [0.15, 0.2) is 35.2 Å². The molecular weight excluding hydrogens is 340 g/mol. The smallest absolute Gasteiger partial charge is 0.244 e. The molecule has 1 amide bonds. The summed E-state index contributed by atoms with van der Waals surface area (Å²) in [5.41, 5.74) is 0. The van der Waals surface area contributed by atoms with Gasteiger partial charge in [-0.1, -0.05) is 18.2 Å². The summed E-state index contributed by atoms with van der Waals surface area (Å²) < 4.78 is 49.7. The Hall–Kier alpha value is -1.45. The first-order chi connectivity index (χ1) is 10.8. The molecule has 0 bridgehead atoms. The zero-order valence-corrected chi connectivity index (χ0v) is 14.1. The van der Waals surface area contributed by atoms with Crippen molar-refractivity contribution in [2.75, 3.05) is 25.4 Å². The molecule has 0 unspecified atom stereocenters. The molecule has 1 aromatic rings. The lowest BCUT2D eigenvalue weighted by Gasteiger charge is -2.25. The Morgan fingerprint density at radius 2 is 1.78 bits per heavy atom. The summed E-state index contributed by atoms with van der Waals surface area (Å²) in [6, 6.07) is 7.92. The fourth-order valence-corrected chi connectivity index (χ4v) is 5.75. The maximum absolute atomic E-state index is 12.8. The normalized spacial score (nSPS) is 23.0. The molecule has 0 atom stereocenters. The SMILES string of the molecule is O=C(N1CCNS(=O)(=O)CC1)C1(S(=O)(=O)c2ccccc2)CC1. The van der Waals surface area contributed by atoms with E-state index in [-0.39, 0.29) is 43.1 Å². The Balaban J connectivity index is 1.87. The number of nitrogens with one attached hydrogen (secondary N) is 1. The molecule has 0 aromatic heterocycles. The van der Waals surface area contributed by atoms with Gasteiger partial charge in [-0.15, -0.1) is 0 Å². The number of sulfone groups is 1. The van der Waals surface area contributed by atoms with Gasteiger partial charge in [-0.2, -0.15) is 0 Å². The zero-order chi connectivity index (χ0) is 16.7. The maximum Gasteiger partial charge on any atom is 0.244 e. The van der Waals surface area contributed by atoms with Gasteiger partial charge in [-0.25, -0.2) is 21.6 Å². The summed E-state index contributed by atoms with van der Waals surface area (Å²) in [6.45, 7) is 0.305. The minimum Gasteiger partial charge on any atom is -0.339 e. The van der Waals surface area contributed by atoms with Crippen molar-refractivity contribution in [3.05, 3.63) is 30.3 Å². The van der Waals surface area contributed by atoms with Gasteiger partial charge in [-0.05, 0) is 25.0 Å². The van der Waals surface area contributed by atoms with Crippen LogP contribution in [0.4, 0.5) is 0 Å². The molecule has 1 aromatic carbocycles. The fourth-order valence-electron chi connectivity index (χ4n) is 2.78. The Bertz CT molecular complexity index is 814. The van der Waals surface area contributed by atoms with Crippen LogP contribution in [0.25, 0.3) is 0 Å². The molecule has 9 heteroatoms. The molecule has 23 heavy (non-hydrogen) atoms. The zero-order valence-electron chi connectivity index (χ0n) is 12.4. The number of carbonyl (C=O) groups is 1. The van der Waals surface area contributed by atoms with Gasteiger partial charge in [0, 0.05) is 19.6 Å². The van der Waals surface area contributed by atoms with Crippen molar-refractivity contribution in [2.24, 2.45) is 0 Å². The maximum atomic E-state index is 12.8. The van der Waals surface area contributed by atoms with Crippen LogP contribution in [0.3, 0.4) is 0 Å². The van der Waals surface area contributed by atoms with Gasteiger partial charge in [0.15, 0.2) is 14.6 Å². The molecule has 2 aliphatic rings. The highest BCUT2D eigenvalue weighted by Gasteiger charge is 2.62. The third kappa shape index (κ3) is 2.88. The number of nitrogens with zero attached hydrogens (tertiary/aromatic N) is 1. The summed E-state index contributed by atoms with van der Waals surface area (Å²) in [7, 11) is -7.17. The van der Waals surface area contributed by atoms with E-state index in [0.29, 0.717) is 0 Å². The minimum absolute atomic E-state index is 0.0141. The third-order valence-electron chi connectivity index (χ3n) is 4.28. The van der Waals surface area contributed by atoms with E-state index in [1.807, 2.05) is 0 Å². The van der Waals surface area contributed by atoms with Gasteiger partial charge >= 0.3 is 0 Å². The molecule has 2 fully saturated rings. The Labute approximate surface area is 135 Å². The highest BCUT2D eigenvalue weighted by atomic mass is 32.2. The van der Waals surface area contributed by atoms with Crippen molar-refractivity contribution in [3.63, 3.8) is 0 Å². The Morgan fingerprint density at radius 3 is 2.39 bits per heavy atom. The van der Waals surface area contributed by atoms with Crippen LogP contribution in [0.5, 0.6) is 0 Å². The number of rotatable bonds is 3. The number of hydrogen-bond donors (Lipinski definition) is 1. The van der Waals surface area contributed by atoms with E-state index in [1.165, 1.54) is 17.0 Å². The average molecular weight is 358 g/mol. The van der Waals surface area contributed by atoms with Gasteiger partial charge in [0.1, 0.15) is 0 Å². The fraction of sp³-hybridized carbons (Fsp3) is 0.500. The predicted octanol–water partition coefficient (Wildman–Crippen LogP) is -0.245. The van der Waals surface area contributed by atoms with Crippen molar-refractivity contribution < 1.29 is 21.6 Å². The number of carbonyl (C=O) groups excluding carboxylic acids is 1. The summed E-state index contributed by atoms with van der Waals surface area (Å²) in [5, 5.41) is 0. The number of amides is 1. The summed E-state index contributed by atoms with van der Waals surface area (Å²) in [6.07, 6.45) is 0.555. The summed E-state index contributed by atoms with van der Waals surface area (Å²) in [5.74, 6) is -0.694. The van der Waals surface area contributed by atoms with Gasteiger partial charge in [-0.3, -0.25) is 4.79 Å². The second-order valence-electron chi connectivity index (χ2n) is 5.82. The van der Waals surface area contributed by atoms with E-state index in [2.05, 4.69) is 4.72 Å². The first-order valence-corrected chi connectivity index (χ1v) is 10.5. The van der Waals surface area contributed by atoms with Crippen molar-refractivity contribution in [1.29, 1.82) is 0 Å². The van der Waals surface area contributed by atoms with E-state index in [4.69, 9.17) is 0 Å². The van der Waals surface area contributed by atoms with E-state index in [0.717, 1.165) is 0 Å². The highest BCUT2D eigenvalue weighted by molar-refractivity contribution is 7.94. The molecule has 1 aliphatic carbocycles. The number of hydrogen-bond acceptors (Lipinski definition) is 5. The van der Waals surface area contributed by atoms with E-state index in [1.54, 1.807) is 18.2 Å². The molecule has 1 N–H and O–H groups in total. The molecule has 0 spiro atoms. The molecule has 1 saturated carbocycles. The molecule has 7 nitrogen and oxygen atoms in total. The van der Waals surface area contributed by atoms with Crippen LogP contribution in [-0.4, -0.2) is 57.8 Å². The minimum atomic E-state index is -3.78. The molecule has 3 rings (SSSR count). The quantitative estimate of drug-likeness (QED) is 0.803. The number of sulfonamides is 1. The summed E-state index contributed by atoms with van der Waals surface area (Å²) in [4.78, 5) is 14.3. The Kier molecular flexibility index (Phi) is 3.97. The molecule has 1 aliphatic heterocycles.